The second kappa shape index (κ2) is 9.25. The Morgan fingerprint density at radius 3 is 2.33 bits per heavy atom. The van der Waals surface area contributed by atoms with Gasteiger partial charge in [0.15, 0.2) is 11.5 Å². The Balaban J connectivity index is 1.92. The second-order valence-corrected chi connectivity index (χ2v) is 6.32. The van der Waals surface area contributed by atoms with E-state index in [1.807, 2.05) is 65.3 Å². The van der Waals surface area contributed by atoms with E-state index < -0.39 is 0 Å². The van der Waals surface area contributed by atoms with Crippen LogP contribution in [0.2, 0.25) is 0 Å². The van der Waals surface area contributed by atoms with Gasteiger partial charge in [0.05, 0.1) is 62.6 Å². The quantitative estimate of drug-likeness (QED) is 0.273. The number of halogens is 1. The third kappa shape index (κ3) is 4.28. The van der Waals surface area contributed by atoms with Crippen LogP contribution in [0.15, 0.2) is 47.6 Å². The summed E-state index contributed by atoms with van der Waals surface area (Å²) in [4.78, 5) is 0. The molecule has 1 heterocycles. The molecule has 2 N–H and O–H groups in total. The van der Waals surface area contributed by atoms with Crippen LogP contribution in [-0.2, 0) is 4.74 Å². The van der Waals surface area contributed by atoms with Gasteiger partial charge in [0.2, 0.25) is 5.75 Å². The van der Waals surface area contributed by atoms with Gasteiger partial charge in [-0.2, -0.15) is 5.10 Å². The number of hydrogen-bond donors (Lipinski definition) is 2. The average molecular weight is 483 g/mol. The summed E-state index contributed by atoms with van der Waals surface area (Å²) in [6, 6.07) is 13.7. The molecule has 0 saturated carbocycles. The van der Waals surface area contributed by atoms with Gasteiger partial charge in [0, 0.05) is 5.56 Å². The van der Waals surface area contributed by atoms with Crippen LogP contribution in [0, 0.1) is 0 Å². The molecule has 0 radical (unpaired) electrons. The molecule has 0 aromatic heterocycles. The van der Waals surface area contributed by atoms with Gasteiger partial charge in [-0.25, -0.2) is 3.64 Å². The first kappa shape index (κ1) is 19.7. The van der Waals surface area contributed by atoms with Gasteiger partial charge in [-0.1, -0.05) is 30.3 Å². The van der Waals surface area contributed by atoms with E-state index in [9.17, 15) is 0 Å². The lowest BCUT2D eigenvalue weighted by atomic mass is 10.0. The number of methoxy groups -OCH3 is 3. The van der Waals surface area contributed by atoms with Gasteiger partial charge in [0.1, 0.15) is 6.23 Å². The molecule has 1 fully saturated rings. The number of rotatable bonds is 7. The topological polar surface area (TPSA) is 73.3 Å². The Morgan fingerprint density at radius 2 is 1.78 bits per heavy atom. The van der Waals surface area contributed by atoms with E-state index in [0.29, 0.717) is 23.9 Å². The lowest BCUT2D eigenvalue weighted by molar-refractivity contribution is 0.101. The van der Waals surface area contributed by atoms with Crippen molar-refractivity contribution in [3.8, 4) is 17.2 Å². The number of hydrogen-bond acceptors (Lipinski definition) is 7. The van der Waals surface area contributed by atoms with Crippen LogP contribution in [0.5, 0.6) is 17.2 Å². The minimum absolute atomic E-state index is 0.0970. The van der Waals surface area contributed by atoms with Crippen molar-refractivity contribution >= 4 is 28.6 Å². The minimum atomic E-state index is -0.183. The van der Waals surface area contributed by atoms with Crippen LogP contribution in [0.25, 0.3) is 0 Å². The Kier molecular flexibility index (Phi) is 6.75. The van der Waals surface area contributed by atoms with Crippen molar-refractivity contribution in [2.75, 3.05) is 27.9 Å². The van der Waals surface area contributed by atoms with Crippen LogP contribution in [-0.4, -0.2) is 39.7 Å². The summed E-state index contributed by atoms with van der Waals surface area (Å²) in [6.45, 7) is 0.493. The summed E-state index contributed by atoms with van der Waals surface area (Å²) in [7, 11) is 4.77. The molecule has 0 amide bonds. The molecule has 1 aliphatic heterocycles. The predicted octanol–water partition coefficient (Wildman–Crippen LogP) is 3.04. The monoisotopic (exact) mass is 483 g/mol. The highest BCUT2D eigenvalue weighted by atomic mass is 127. The molecule has 1 aliphatic rings. The molecule has 144 valence electrons. The fraction of sp³-hybridized carbons (Fsp3) is 0.316. The highest BCUT2D eigenvalue weighted by Gasteiger charge is 2.31. The number of nitrogens with one attached hydrogen (secondary N) is 2. The van der Waals surface area contributed by atoms with Crippen molar-refractivity contribution in [2.24, 2.45) is 5.10 Å². The van der Waals surface area contributed by atoms with Gasteiger partial charge in [-0.15, -0.1) is 0 Å². The molecule has 0 spiro atoms. The fourth-order valence-corrected chi connectivity index (χ4v) is 3.33. The summed E-state index contributed by atoms with van der Waals surface area (Å²) >= 11 is 1.99. The molecule has 2 atom stereocenters. The third-order valence-corrected chi connectivity index (χ3v) is 4.58. The zero-order valence-electron chi connectivity index (χ0n) is 15.4. The van der Waals surface area contributed by atoms with Crippen LogP contribution < -0.4 is 23.2 Å². The van der Waals surface area contributed by atoms with E-state index >= 15 is 0 Å². The number of ether oxygens (including phenoxy) is 4. The van der Waals surface area contributed by atoms with Gasteiger partial charge < -0.3 is 18.9 Å². The van der Waals surface area contributed by atoms with E-state index in [0.717, 1.165) is 16.8 Å². The summed E-state index contributed by atoms with van der Waals surface area (Å²) in [6.07, 6.45) is -0.183. The molecule has 2 aromatic rings. The Labute approximate surface area is 172 Å². The van der Waals surface area contributed by atoms with Crippen LogP contribution >= 0.6 is 22.9 Å². The van der Waals surface area contributed by atoms with Crippen LogP contribution in [0.3, 0.4) is 0 Å². The van der Waals surface area contributed by atoms with E-state index in [1.165, 1.54) is 0 Å². The van der Waals surface area contributed by atoms with Gasteiger partial charge in [0.25, 0.3) is 0 Å². The molecule has 2 aromatic carbocycles. The smallest absolute Gasteiger partial charge is 0.203 e. The molecule has 1 saturated heterocycles. The number of nitrogens with zero attached hydrogens (tertiary/aromatic N) is 1. The highest BCUT2D eigenvalue weighted by Crippen LogP contribution is 2.39. The first-order chi connectivity index (χ1) is 13.2. The first-order valence-corrected chi connectivity index (χ1v) is 9.45. The predicted molar refractivity (Wildman–Crippen MR) is 112 cm³/mol. The molecular weight excluding hydrogens is 461 g/mol. The SMILES string of the molecule is COc1cc(C(=NNI)C2COC(c3ccccc3)N2)cc(OC)c1OC. The average Bonchev–Trinajstić information content (AvgIpc) is 3.21. The first-order valence-electron chi connectivity index (χ1n) is 8.38. The van der Waals surface area contributed by atoms with E-state index in [2.05, 4.69) is 14.1 Å². The number of hydrazone groups is 1. The Morgan fingerprint density at radius 1 is 1.11 bits per heavy atom. The second-order valence-electron chi connectivity index (χ2n) is 5.84. The Bertz CT molecular complexity index is 776. The molecule has 2 unspecified atom stereocenters. The summed E-state index contributed by atoms with van der Waals surface area (Å²) in [5, 5.41) is 7.95. The van der Waals surface area contributed by atoms with Crippen LogP contribution in [0.4, 0.5) is 0 Å². The maximum Gasteiger partial charge on any atom is 0.203 e. The van der Waals surface area contributed by atoms with Gasteiger partial charge in [-0.3, -0.25) is 5.32 Å². The molecular formula is C19H22IN3O4. The lowest BCUT2D eigenvalue weighted by Gasteiger charge is -2.18. The zero-order chi connectivity index (χ0) is 19.2. The standard InChI is InChI=1S/C19H22IN3O4/c1-24-15-9-13(10-16(25-2)18(15)26-3)17(22-23-20)14-11-27-19(21-14)12-7-5-4-6-8-12/h4-10,14,19,21,23H,11H2,1-3H3. The van der Waals surface area contributed by atoms with Crippen molar-refractivity contribution in [1.29, 1.82) is 0 Å². The molecule has 3 rings (SSSR count). The Hall–Kier alpha value is -2.04. The highest BCUT2D eigenvalue weighted by molar-refractivity contribution is 14.1. The normalized spacial score (nSPS) is 19.6. The van der Waals surface area contributed by atoms with E-state index in [4.69, 9.17) is 18.9 Å². The molecule has 7 nitrogen and oxygen atoms in total. The molecule has 8 heteroatoms. The van der Waals surface area contributed by atoms with Crippen molar-refractivity contribution in [3.05, 3.63) is 53.6 Å². The lowest BCUT2D eigenvalue weighted by Crippen LogP contribution is -2.35. The largest absolute Gasteiger partial charge is 0.493 e. The van der Waals surface area contributed by atoms with E-state index in [-0.39, 0.29) is 12.3 Å². The molecule has 0 bridgehead atoms. The van der Waals surface area contributed by atoms with Crippen LogP contribution in [0.1, 0.15) is 17.4 Å². The van der Waals surface area contributed by atoms with Crippen molar-refractivity contribution in [1.82, 2.24) is 8.96 Å². The maximum atomic E-state index is 5.95. The fourth-order valence-electron chi connectivity index (χ4n) is 3.07. The van der Waals surface area contributed by atoms with Gasteiger partial charge >= 0.3 is 0 Å². The van der Waals surface area contributed by atoms with Crippen molar-refractivity contribution < 1.29 is 18.9 Å². The molecule has 0 aliphatic carbocycles. The summed E-state index contributed by atoms with van der Waals surface area (Å²) in [5.41, 5.74) is 2.72. The van der Waals surface area contributed by atoms with Crippen molar-refractivity contribution in [3.63, 3.8) is 0 Å². The van der Waals surface area contributed by atoms with E-state index in [1.54, 1.807) is 21.3 Å². The number of benzene rings is 2. The maximum absolute atomic E-state index is 5.95. The van der Waals surface area contributed by atoms with Crippen molar-refractivity contribution in [2.45, 2.75) is 12.3 Å². The molecule has 27 heavy (non-hydrogen) atoms. The summed E-state index contributed by atoms with van der Waals surface area (Å²) < 4.78 is 25.1. The third-order valence-electron chi connectivity index (χ3n) is 4.34. The summed E-state index contributed by atoms with van der Waals surface area (Å²) in [5.74, 6) is 1.70. The minimum Gasteiger partial charge on any atom is -0.493 e. The zero-order valence-corrected chi connectivity index (χ0v) is 17.5. The van der Waals surface area contributed by atoms with Gasteiger partial charge in [-0.05, 0) is 17.7 Å².